The maximum Gasteiger partial charge on any atom is 0.253 e. The second kappa shape index (κ2) is 7.88. The van der Waals surface area contributed by atoms with E-state index in [2.05, 4.69) is 15.6 Å². The first-order valence-electron chi connectivity index (χ1n) is 9.00. The van der Waals surface area contributed by atoms with Gasteiger partial charge >= 0.3 is 0 Å². The summed E-state index contributed by atoms with van der Waals surface area (Å²) < 4.78 is 0. The fourth-order valence-corrected chi connectivity index (χ4v) is 3.22. The summed E-state index contributed by atoms with van der Waals surface area (Å²) in [5, 5.41) is 25.9. The maximum absolute atomic E-state index is 12.1. The SMILES string of the molecule is O=c1c(NCc2cccc(O)c2)c(Nc2ccc(O)c(-c3cccc(Cl)n3)c2)c1=O. The number of hydrogen-bond donors (Lipinski definition) is 4. The van der Waals surface area contributed by atoms with Crippen molar-refractivity contribution in [3.05, 3.63) is 91.8 Å². The molecule has 0 aliphatic carbocycles. The predicted molar refractivity (Wildman–Crippen MR) is 116 cm³/mol. The second-order valence-corrected chi connectivity index (χ2v) is 7.02. The van der Waals surface area contributed by atoms with Crippen molar-refractivity contribution in [1.29, 1.82) is 0 Å². The topological polar surface area (TPSA) is 112 Å². The Morgan fingerprint density at radius 1 is 0.900 bits per heavy atom. The van der Waals surface area contributed by atoms with Crippen molar-refractivity contribution >= 4 is 28.7 Å². The van der Waals surface area contributed by atoms with Crippen LogP contribution >= 0.6 is 11.6 Å². The van der Waals surface area contributed by atoms with Gasteiger partial charge in [0.15, 0.2) is 0 Å². The number of hydrogen-bond acceptors (Lipinski definition) is 7. The lowest BCUT2D eigenvalue weighted by Gasteiger charge is -2.16. The third-order valence-electron chi connectivity index (χ3n) is 4.55. The van der Waals surface area contributed by atoms with E-state index in [-0.39, 0.29) is 34.6 Å². The van der Waals surface area contributed by atoms with Gasteiger partial charge in [0.05, 0.1) is 5.69 Å². The van der Waals surface area contributed by atoms with E-state index in [1.165, 1.54) is 6.07 Å². The monoisotopic (exact) mass is 421 g/mol. The molecule has 4 rings (SSSR count). The van der Waals surface area contributed by atoms with Gasteiger partial charge in [-0.3, -0.25) is 9.59 Å². The number of aromatic hydroxyl groups is 2. The third kappa shape index (κ3) is 3.83. The lowest BCUT2D eigenvalue weighted by molar-refractivity contribution is 0.474. The van der Waals surface area contributed by atoms with E-state index < -0.39 is 10.9 Å². The van der Waals surface area contributed by atoms with Gasteiger partial charge in [0.2, 0.25) is 0 Å². The molecular weight excluding hydrogens is 406 g/mol. The van der Waals surface area contributed by atoms with E-state index in [0.717, 1.165) is 5.56 Å². The van der Waals surface area contributed by atoms with Crippen LogP contribution in [0.25, 0.3) is 11.3 Å². The van der Waals surface area contributed by atoms with E-state index in [1.54, 1.807) is 54.6 Å². The van der Waals surface area contributed by atoms with Crippen LogP contribution in [0.1, 0.15) is 5.56 Å². The van der Waals surface area contributed by atoms with Gasteiger partial charge in [-0.15, -0.1) is 0 Å². The average molecular weight is 422 g/mol. The van der Waals surface area contributed by atoms with Crippen molar-refractivity contribution in [2.75, 3.05) is 10.6 Å². The number of aromatic nitrogens is 1. The molecule has 0 aliphatic heterocycles. The zero-order valence-corrected chi connectivity index (χ0v) is 16.3. The van der Waals surface area contributed by atoms with E-state index in [1.807, 2.05) is 0 Å². The Balaban J connectivity index is 1.58. The van der Waals surface area contributed by atoms with Crippen LogP contribution in [-0.4, -0.2) is 15.2 Å². The van der Waals surface area contributed by atoms with E-state index in [9.17, 15) is 19.8 Å². The molecular formula is C22H16ClN3O4. The highest BCUT2D eigenvalue weighted by molar-refractivity contribution is 6.29. The van der Waals surface area contributed by atoms with Crippen LogP contribution in [0.5, 0.6) is 11.5 Å². The zero-order valence-electron chi connectivity index (χ0n) is 15.5. The molecule has 0 atom stereocenters. The Hall–Kier alpha value is -3.84. The number of benzene rings is 2. The number of halogens is 1. The molecule has 8 heteroatoms. The Morgan fingerprint density at radius 2 is 1.67 bits per heavy atom. The number of nitrogens with zero attached hydrogens (tertiary/aromatic N) is 1. The summed E-state index contributed by atoms with van der Waals surface area (Å²) in [5.74, 6) is 0.117. The number of phenolic OH excluding ortho intramolecular Hbond substituents is 2. The molecule has 0 radical (unpaired) electrons. The van der Waals surface area contributed by atoms with Crippen molar-refractivity contribution < 1.29 is 10.2 Å². The Labute approximate surface area is 175 Å². The highest BCUT2D eigenvalue weighted by Crippen LogP contribution is 2.32. The van der Waals surface area contributed by atoms with Gasteiger partial charge in [0, 0.05) is 17.8 Å². The zero-order chi connectivity index (χ0) is 21.3. The number of phenols is 2. The summed E-state index contributed by atoms with van der Waals surface area (Å²) in [5.41, 5.74) is 1.20. The van der Waals surface area contributed by atoms with Crippen molar-refractivity contribution in [3.63, 3.8) is 0 Å². The highest BCUT2D eigenvalue weighted by Gasteiger charge is 2.21. The van der Waals surface area contributed by atoms with Crippen LogP contribution in [0.3, 0.4) is 0 Å². The molecule has 0 bridgehead atoms. The van der Waals surface area contributed by atoms with Gasteiger partial charge in [-0.2, -0.15) is 0 Å². The van der Waals surface area contributed by atoms with Crippen molar-refractivity contribution in [1.82, 2.24) is 4.98 Å². The molecule has 0 fully saturated rings. The number of rotatable bonds is 6. The normalized spacial score (nSPS) is 10.8. The molecule has 30 heavy (non-hydrogen) atoms. The fourth-order valence-electron chi connectivity index (χ4n) is 3.06. The summed E-state index contributed by atoms with van der Waals surface area (Å²) in [7, 11) is 0. The molecule has 1 heterocycles. The summed E-state index contributed by atoms with van der Waals surface area (Å²) in [6, 6.07) is 16.3. The molecule has 150 valence electrons. The highest BCUT2D eigenvalue weighted by atomic mass is 35.5. The molecule has 1 aromatic heterocycles. The lowest BCUT2D eigenvalue weighted by atomic mass is 10.1. The van der Waals surface area contributed by atoms with Gasteiger partial charge in [-0.05, 0) is 48.0 Å². The average Bonchev–Trinajstić information content (AvgIpc) is 2.74. The summed E-state index contributed by atoms with van der Waals surface area (Å²) in [6.07, 6.45) is 0. The molecule has 0 spiro atoms. The van der Waals surface area contributed by atoms with Gasteiger partial charge in [-0.1, -0.05) is 29.8 Å². The standard InChI is InChI=1S/C22H16ClN3O4/c23-18-6-2-5-16(26-18)15-10-13(7-8-17(15)28)25-20-19(21(29)22(20)30)24-11-12-3-1-4-14(27)9-12/h1-10,24-25,27-28H,11H2. The van der Waals surface area contributed by atoms with E-state index in [4.69, 9.17) is 11.6 Å². The van der Waals surface area contributed by atoms with Crippen molar-refractivity contribution in [2.45, 2.75) is 6.54 Å². The minimum Gasteiger partial charge on any atom is -0.508 e. The minimum atomic E-state index is -0.635. The van der Waals surface area contributed by atoms with E-state index >= 15 is 0 Å². The largest absolute Gasteiger partial charge is 0.508 e. The molecule has 0 saturated heterocycles. The lowest BCUT2D eigenvalue weighted by Crippen LogP contribution is -2.36. The molecule has 0 amide bonds. The van der Waals surface area contributed by atoms with Crippen LogP contribution < -0.4 is 21.5 Å². The Morgan fingerprint density at radius 3 is 2.43 bits per heavy atom. The van der Waals surface area contributed by atoms with Crippen LogP contribution in [-0.2, 0) is 6.54 Å². The minimum absolute atomic E-state index is 0.00235. The second-order valence-electron chi connectivity index (χ2n) is 6.63. The quantitative estimate of drug-likeness (QED) is 0.213. The molecule has 4 N–H and O–H groups in total. The first-order chi connectivity index (χ1) is 14.4. The molecule has 4 aromatic rings. The number of anilines is 3. The number of nitrogens with one attached hydrogen (secondary N) is 2. The van der Waals surface area contributed by atoms with Crippen molar-refractivity contribution in [3.8, 4) is 22.8 Å². The molecule has 0 saturated carbocycles. The first-order valence-corrected chi connectivity index (χ1v) is 9.38. The maximum atomic E-state index is 12.1. The van der Waals surface area contributed by atoms with Crippen LogP contribution in [0.2, 0.25) is 5.15 Å². The van der Waals surface area contributed by atoms with Gasteiger partial charge in [-0.25, -0.2) is 4.98 Å². The summed E-state index contributed by atoms with van der Waals surface area (Å²) >= 11 is 5.93. The Kier molecular flexibility index (Phi) is 5.12. The molecule has 3 aromatic carbocycles. The van der Waals surface area contributed by atoms with Crippen LogP contribution in [0.4, 0.5) is 17.1 Å². The third-order valence-corrected chi connectivity index (χ3v) is 4.76. The van der Waals surface area contributed by atoms with Crippen LogP contribution in [0.15, 0.2) is 70.3 Å². The fraction of sp³-hybridized carbons (Fsp3) is 0.0455. The van der Waals surface area contributed by atoms with Gasteiger partial charge < -0.3 is 20.8 Å². The molecule has 7 nitrogen and oxygen atoms in total. The van der Waals surface area contributed by atoms with Gasteiger partial charge in [0.1, 0.15) is 28.0 Å². The molecule has 0 unspecified atom stereocenters. The molecule has 0 aliphatic rings. The smallest absolute Gasteiger partial charge is 0.253 e. The van der Waals surface area contributed by atoms with Gasteiger partial charge in [0.25, 0.3) is 10.9 Å². The summed E-state index contributed by atoms with van der Waals surface area (Å²) in [6.45, 7) is 0.265. The van der Waals surface area contributed by atoms with Crippen molar-refractivity contribution in [2.24, 2.45) is 0 Å². The van der Waals surface area contributed by atoms with Crippen LogP contribution in [0, 0.1) is 0 Å². The first kappa shape index (κ1) is 19.5. The number of pyridine rings is 1. The predicted octanol–water partition coefficient (Wildman–Crippen LogP) is 3.76. The van der Waals surface area contributed by atoms with E-state index in [0.29, 0.717) is 16.9 Å². The Bertz CT molecular complexity index is 1310. The summed E-state index contributed by atoms with van der Waals surface area (Å²) in [4.78, 5) is 28.3.